The van der Waals surface area contributed by atoms with E-state index in [9.17, 15) is 14.9 Å². The molecule has 2 aromatic rings. The van der Waals surface area contributed by atoms with Gasteiger partial charge in [-0.3, -0.25) is 4.79 Å². The van der Waals surface area contributed by atoms with Gasteiger partial charge in [-0.05, 0) is 28.5 Å². The van der Waals surface area contributed by atoms with E-state index in [0.717, 1.165) is 5.56 Å². The van der Waals surface area contributed by atoms with Crippen LogP contribution in [0.1, 0.15) is 17.8 Å². The fraction of sp³-hybridized carbons (Fsp3) is 0.333. The molecule has 0 radical (unpaired) electrons. The van der Waals surface area contributed by atoms with Crippen LogP contribution < -0.4 is 10.1 Å². The van der Waals surface area contributed by atoms with Gasteiger partial charge >= 0.3 is 5.82 Å². The molecule has 122 valence electrons. The third-order valence-electron chi connectivity index (χ3n) is 3.45. The van der Waals surface area contributed by atoms with Gasteiger partial charge in [0.25, 0.3) is 0 Å². The van der Waals surface area contributed by atoms with Crippen molar-refractivity contribution < 1.29 is 14.5 Å². The van der Waals surface area contributed by atoms with Crippen LogP contribution in [-0.2, 0) is 11.3 Å². The number of anilines is 1. The van der Waals surface area contributed by atoms with Crippen LogP contribution in [0.15, 0.2) is 24.4 Å². The molecule has 1 N–H and O–H groups in total. The van der Waals surface area contributed by atoms with Crippen LogP contribution in [0.5, 0.6) is 5.75 Å². The van der Waals surface area contributed by atoms with E-state index in [2.05, 4.69) is 10.3 Å². The number of nitrogens with zero attached hydrogens (tertiary/aromatic N) is 3. The first-order chi connectivity index (χ1) is 10.9. The van der Waals surface area contributed by atoms with Gasteiger partial charge < -0.3 is 24.7 Å². The summed E-state index contributed by atoms with van der Waals surface area (Å²) < 4.78 is 6.82. The lowest BCUT2D eigenvalue weighted by Crippen LogP contribution is -2.16. The van der Waals surface area contributed by atoms with Crippen LogP contribution in [0.25, 0.3) is 0 Å². The zero-order chi connectivity index (χ0) is 17.0. The second kappa shape index (κ2) is 6.91. The summed E-state index contributed by atoms with van der Waals surface area (Å²) in [5.74, 6) is 0.669. The smallest absolute Gasteiger partial charge is 0.381 e. The molecule has 2 rings (SSSR count). The summed E-state index contributed by atoms with van der Waals surface area (Å²) in [4.78, 5) is 26.1. The first-order valence-electron chi connectivity index (χ1n) is 7.04. The van der Waals surface area contributed by atoms with E-state index in [1.807, 2.05) is 19.1 Å². The summed E-state index contributed by atoms with van der Waals surface area (Å²) in [6, 6.07) is 5.49. The molecule has 0 aliphatic carbocycles. The number of hydrogen-bond donors (Lipinski definition) is 1. The lowest BCUT2D eigenvalue weighted by molar-refractivity contribution is -0.389. The Morgan fingerprint density at radius 1 is 1.43 bits per heavy atom. The predicted molar refractivity (Wildman–Crippen MR) is 84.6 cm³/mol. The Bertz CT molecular complexity index is 739. The van der Waals surface area contributed by atoms with Crippen molar-refractivity contribution in [2.75, 3.05) is 12.4 Å². The van der Waals surface area contributed by atoms with E-state index in [0.29, 0.717) is 23.8 Å². The number of ether oxygens (including phenoxy) is 1. The number of methoxy groups -OCH3 is 1. The molecule has 1 aromatic carbocycles. The number of aromatic nitrogens is 2. The molecule has 0 saturated heterocycles. The fourth-order valence-corrected chi connectivity index (χ4v) is 2.20. The van der Waals surface area contributed by atoms with Crippen molar-refractivity contribution in [2.45, 2.75) is 26.8 Å². The molecule has 1 aromatic heterocycles. The van der Waals surface area contributed by atoms with Gasteiger partial charge in [-0.25, -0.2) is 0 Å². The maximum Gasteiger partial charge on any atom is 0.381 e. The molecule has 0 saturated carbocycles. The molecule has 1 heterocycles. The minimum atomic E-state index is -0.554. The van der Waals surface area contributed by atoms with Gasteiger partial charge in [0.15, 0.2) is 0 Å². The quantitative estimate of drug-likeness (QED) is 0.651. The van der Waals surface area contributed by atoms with Crippen LogP contribution in [0.3, 0.4) is 0 Å². The molecule has 8 heteroatoms. The summed E-state index contributed by atoms with van der Waals surface area (Å²) in [6.45, 7) is 3.85. The summed E-state index contributed by atoms with van der Waals surface area (Å²) in [6.07, 6.45) is 1.50. The molecular weight excluding hydrogens is 300 g/mol. The van der Waals surface area contributed by atoms with Crippen LogP contribution in [0, 0.1) is 24.0 Å². The number of carbonyl (C=O) groups excluding carboxylic acids is 1. The number of carbonyl (C=O) groups is 1. The lowest BCUT2D eigenvalue weighted by Gasteiger charge is -2.12. The monoisotopic (exact) mass is 318 g/mol. The van der Waals surface area contributed by atoms with Crippen molar-refractivity contribution in [1.29, 1.82) is 0 Å². The highest BCUT2D eigenvalue weighted by molar-refractivity contribution is 5.93. The summed E-state index contributed by atoms with van der Waals surface area (Å²) in [5.41, 5.74) is 1.53. The largest absolute Gasteiger partial charge is 0.495 e. The highest BCUT2D eigenvalue weighted by Crippen LogP contribution is 2.27. The van der Waals surface area contributed by atoms with Gasteiger partial charge in [-0.1, -0.05) is 12.1 Å². The second-order valence-electron chi connectivity index (χ2n) is 5.05. The fourth-order valence-electron chi connectivity index (χ4n) is 2.20. The highest BCUT2D eigenvalue weighted by atomic mass is 16.6. The topological polar surface area (TPSA) is 99.3 Å². The van der Waals surface area contributed by atoms with E-state index in [1.54, 1.807) is 24.7 Å². The van der Waals surface area contributed by atoms with Crippen LogP contribution in [-0.4, -0.2) is 27.5 Å². The number of para-hydroxylation sites is 1. The van der Waals surface area contributed by atoms with Crippen LogP contribution in [0.4, 0.5) is 11.5 Å². The summed E-state index contributed by atoms with van der Waals surface area (Å²) in [5, 5.41) is 13.5. The Balaban J connectivity index is 2.02. The minimum absolute atomic E-state index is 0.172. The molecule has 1 amide bonds. The van der Waals surface area contributed by atoms with Gasteiger partial charge in [0.05, 0.1) is 12.8 Å². The third-order valence-corrected chi connectivity index (χ3v) is 3.45. The van der Waals surface area contributed by atoms with E-state index in [1.165, 1.54) is 6.20 Å². The van der Waals surface area contributed by atoms with Gasteiger partial charge in [0.2, 0.25) is 11.7 Å². The Hall–Kier alpha value is -2.90. The van der Waals surface area contributed by atoms with Gasteiger partial charge in [-0.2, -0.15) is 0 Å². The number of nitrogens with one attached hydrogen (secondary N) is 1. The number of imidazole rings is 1. The maximum absolute atomic E-state index is 12.1. The summed E-state index contributed by atoms with van der Waals surface area (Å²) >= 11 is 0. The molecule has 0 unspecified atom stereocenters. The van der Waals surface area contributed by atoms with E-state index in [4.69, 9.17) is 4.74 Å². The molecule has 0 fully saturated rings. The van der Waals surface area contributed by atoms with Gasteiger partial charge in [0.1, 0.15) is 11.9 Å². The molecular formula is C15H18N4O4. The average molecular weight is 318 g/mol. The molecule has 0 bridgehead atoms. The molecule has 0 aliphatic rings. The lowest BCUT2D eigenvalue weighted by atomic mass is 10.2. The van der Waals surface area contributed by atoms with Crippen molar-refractivity contribution >= 4 is 17.4 Å². The van der Waals surface area contributed by atoms with E-state index >= 15 is 0 Å². The highest BCUT2D eigenvalue weighted by Gasteiger charge is 2.16. The number of aryl methyl sites for hydroxylation is 3. The standard InChI is InChI=1S/C15H18N4O4/c1-10-5-4-6-12(23-3)15(10)17-14(20)7-8-18-9-13(19(21)22)16-11(18)2/h4-6,9H,7-8H2,1-3H3,(H,17,20). The number of rotatable bonds is 6. The number of amides is 1. The Kier molecular flexibility index (Phi) is 4.95. The second-order valence-corrected chi connectivity index (χ2v) is 5.05. The molecule has 0 atom stereocenters. The van der Waals surface area contributed by atoms with Crippen LogP contribution >= 0.6 is 0 Å². The molecule has 0 aliphatic heterocycles. The van der Waals surface area contributed by atoms with Crippen LogP contribution in [0.2, 0.25) is 0 Å². The zero-order valence-corrected chi connectivity index (χ0v) is 13.2. The first-order valence-corrected chi connectivity index (χ1v) is 7.04. The average Bonchev–Trinajstić information content (AvgIpc) is 2.88. The molecule has 23 heavy (non-hydrogen) atoms. The van der Waals surface area contributed by atoms with E-state index < -0.39 is 4.92 Å². The zero-order valence-electron chi connectivity index (χ0n) is 13.2. The Morgan fingerprint density at radius 3 is 2.78 bits per heavy atom. The number of benzene rings is 1. The van der Waals surface area contributed by atoms with Crippen molar-refractivity contribution in [1.82, 2.24) is 9.55 Å². The van der Waals surface area contributed by atoms with Gasteiger partial charge in [-0.15, -0.1) is 0 Å². The van der Waals surface area contributed by atoms with Gasteiger partial charge in [0, 0.05) is 19.9 Å². The Morgan fingerprint density at radius 2 is 2.17 bits per heavy atom. The normalized spacial score (nSPS) is 10.4. The van der Waals surface area contributed by atoms with Crippen molar-refractivity contribution in [3.8, 4) is 5.75 Å². The van der Waals surface area contributed by atoms with Crippen molar-refractivity contribution in [3.05, 3.63) is 45.9 Å². The number of hydrogen-bond acceptors (Lipinski definition) is 5. The first kappa shape index (κ1) is 16.5. The van der Waals surface area contributed by atoms with Crippen molar-refractivity contribution in [3.63, 3.8) is 0 Å². The van der Waals surface area contributed by atoms with Crippen molar-refractivity contribution in [2.24, 2.45) is 0 Å². The number of nitro groups is 1. The minimum Gasteiger partial charge on any atom is -0.495 e. The molecule has 0 spiro atoms. The summed E-state index contributed by atoms with van der Waals surface area (Å²) in [7, 11) is 1.54. The Labute approximate surface area is 133 Å². The third kappa shape index (κ3) is 3.85. The SMILES string of the molecule is COc1cccc(C)c1NC(=O)CCn1cc([N+](=O)[O-])nc1C. The van der Waals surface area contributed by atoms with E-state index in [-0.39, 0.29) is 18.1 Å². The predicted octanol–water partition coefficient (Wildman–Crippen LogP) is 2.45. The molecule has 8 nitrogen and oxygen atoms in total. The maximum atomic E-state index is 12.1.